The van der Waals surface area contributed by atoms with Gasteiger partial charge in [-0.05, 0) is 49.0 Å². The van der Waals surface area contributed by atoms with Crippen LogP contribution in [0.5, 0.6) is 11.5 Å². The number of methoxy groups -OCH3 is 2. The van der Waals surface area contributed by atoms with Gasteiger partial charge in [0, 0.05) is 26.4 Å². The summed E-state index contributed by atoms with van der Waals surface area (Å²) in [5, 5.41) is 0. The third-order valence-corrected chi connectivity index (χ3v) is 4.85. The summed E-state index contributed by atoms with van der Waals surface area (Å²) in [6, 6.07) is 17.4. The fourth-order valence-corrected chi connectivity index (χ4v) is 3.41. The third kappa shape index (κ3) is 4.84. The Labute approximate surface area is 181 Å². The Balaban J connectivity index is 1.65. The molecule has 4 aromatic rings. The maximum atomic E-state index is 6.10. The van der Waals surface area contributed by atoms with E-state index in [1.54, 1.807) is 14.2 Å². The summed E-state index contributed by atoms with van der Waals surface area (Å²) in [5.74, 6) is 1.78. The van der Waals surface area contributed by atoms with E-state index in [2.05, 4.69) is 23.0 Å². The summed E-state index contributed by atoms with van der Waals surface area (Å²) in [5.41, 5.74) is 4.35. The van der Waals surface area contributed by atoms with Crippen molar-refractivity contribution in [3.05, 3.63) is 72.1 Å². The Morgan fingerprint density at radius 1 is 1.00 bits per heavy atom. The number of pyridine rings is 1. The molecule has 31 heavy (non-hydrogen) atoms. The van der Waals surface area contributed by atoms with Gasteiger partial charge in [-0.3, -0.25) is 9.88 Å². The summed E-state index contributed by atoms with van der Waals surface area (Å²) >= 11 is 0. The standard InChI is InChI=1S/C24H25N3O4/c1-27(15-18-8-4-5-12-25-18)14-17-7-6-9-22-23(17)26-24(31-22)20-13-19(29-3)10-11-21(20)30-16-28-2/h4-13H,14-16H2,1-3H3. The van der Waals surface area contributed by atoms with Crippen molar-refractivity contribution >= 4 is 11.1 Å². The molecule has 0 atom stereocenters. The molecule has 0 fully saturated rings. The van der Waals surface area contributed by atoms with E-state index in [1.807, 2.05) is 54.7 Å². The van der Waals surface area contributed by atoms with Crippen LogP contribution in [0, 0.1) is 0 Å². The van der Waals surface area contributed by atoms with Gasteiger partial charge in [-0.15, -0.1) is 0 Å². The number of para-hydroxylation sites is 1. The lowest BCUT2D eigenvalue weighted by atomic mass is 10.1. The van der Waals surface area contributed by atoms with Crippen LogP contribution in [0.2, 0.25) is 0 Å². The third-order valence-electron chi connectivity index (χ3n) is 4.85. The maximum Gasteiger partial charge on any atom is 0.231 e. The van der Waals surface area contributed by atoms with E-state index in [0.29, 0.717) is 29.5 Å². The van der Waals surface area contributed by atoms with Gasteiger partial charge < -0.3 is 18.6 Å². The lowest BCUT2D eigenvalue weighted by Gasteiger charge is -2.16. The SMILES string of the molecule is COCOc1ccc(OC)cc1-c1nc2c(CN(C)Cc3ccccn3)cccc2o1. The summed E-state index contributed by atoms with van der Waals surface area (Å²) in [6.45, 7) is 1.58. The molecule has 0 N–H and O–H groups in total. The van der Waals surface area contributed by atoms with Gasteiger partial charge in [0.15, 0.2) is 12.4 Å². The number of hydrogen-bond acceptors (Lipinski definition) is 7. The second-order valence-electron chi connectivity index (χ2n) is 7.19. The zero-order valence-corrected chi connectivity index (χ0v) is 17.9. The summed E-state index contributed by atoms with van der Waals surface area (Å²) in [7, 11) is 5.26. The summed E-state index contributed by atoms with van der Waals surface area (Å²) in [6.07, 6.45) is 1.81. The van der Waals surface area contributed by atoms with Crippen molar-refractivity contribution in [1.82, 2.24) is 14.9 Å². The van der Waals surface area contributed by atoms with E-state index >= 15 is 0 Å². The Hall–Kier alpha value is -3.42. The second-order valence-corrected chi connectivity index (χ2v) is 7.19. The van der Waals surface area contributed by atoms with E-state index in [-0.39, 0.29) is 6.79 Å². The molecule has 0 spiro atoms. The molecule has 7 nitrogen and oxygen atoms in total. The van der Waals surface area contributed by atoms with Gasteiger partial charge in [0.25, 0.3) is 0 Å². The number of aromatic nitrogens is 2. The highest BCUT2D eigenvalue weighted by Crippen LogP contribution is 2.35. The van der Waals surface area contributed by atoms with E-state index in [1.165, 1.54) is 0 Å². The molecule has 7 heteroatoms. The number of fused-ring (bicyclic) bond motifs is 1. The fraction of sp³-hybridized carbons (Fsp3) is 0.250. The molecule has 0 aliphatic heterocycles. The van der Waals surface area contributed by atoms with Crippen molar-refractivity contribution in [3.8, 4) is 23.0 Å². The van der Waals surface area contributed by atoms with Crippen LogP contribution < -0.4 is 9.47 Å². The van der Waals surface area contributed by atoms with Crippen LogP contribution in [0.3, 0.4) is 0 Å². The average molecular weight is 419 g/mol. The quantitative estimate of drug-likeness (QED) is 0.370. The van der Waals surface area contributed by atoms with Gasteiger partial charge in [0.2, 0.25) is 5.89 Å². The largest absolute Gasteiger partial charge is 0.497 e. The molecule has 0 unspecified atom stereocenters. The summed E-state index contributed by atoms with van der Waals surface area (Å²) < 4.78 is 22.2. The first-order chi connectivity index (χ1) is 15.2. The molecular formula is C24H25N3O4. The highest BCUT2D eigenvalue weighted by Gasteiger charge is 2.17. The average Bonchev–Trinajstić information content (AvgIpc) is 3.23. The minimum absolute atomic E-state index is 0.128. The van der Waals surface area contributed by atoms with E-state index in [4.69, 9.17) is 23.6 Å². The molecule has 2 heterocycles. The van der Waals surface area contributed by atoms with Crippen LogP contribution >= 0.6 is 0 Å². The highest BCUT2D eigenvalue weighted by atomic mass is 16.7. The lowest BCUT2D eigenvalue weighted by Crippen LogP contribution is -2.18. The lowest BCUT2D eigenvalue weighted by molar-refractivity contribution is 0.0514. The molecular weight excluding hydrogens is 394 g/mol. The number of hydrogen-bond donors (Lipinski definition) is 0. The van der Waals surface area contributed by atoms with Crippen LogP contribution in [-0.2, 0) is 17.8 Å². The van der Waals surface area contributed by atoms with Crippen molar-refractivity contribution in [2.45, 2.75) is 13.1 Å². The Kier molecular flexibility index (Phi) is 6.45. The molecule has 0 saturated carbocycles. The van der Waals surface area contributed by atoms with Crippen molar-refractivity contribution in [1.29, 1.82) is 0 Å². The van der Waals surface area contributed by atoms with Gasteiger partial charge in [0.1, 0.15) is 17.0 Å². The maximum absolute atomic E-state index is 6.10. The van der Waals surface area contributed by atoms with Gasteiger partial charge in [0.05, 0.1) is 18.4 Å². The zero-order valence-electron chi connectivity index (χ0n) is 17.9. The molecule has 0 aliphatic rings. The van der Waals surface area contributed by atoms with Crippen molar-refractivity contribution in [3.63, 3.8) is 0 Å². The molecule has 0 radical (unpaired) electrons. The highest BCUT2D eigenvalue weighted by molar-refractivity contribution is 5.80. The monoisotopic (exact) mass is 419 g/mol. The number of ether oxygens (including phenoxy) is 3. The smallest absolute Gasteiger partial charge is 0.231 e. The number of benzene rings is 2. The van der Waals surface area contributed by atoms with Crippen LogP contribution in [0.25, 0.3) is 22.6 Å². The topological polar surface area (TPSA) is 69.8 Å². The molecule has 160 valence electrons. The predicted octanol–water partition coefficient (Wildman–Crippen LogP) is 4.51. The second kappa shape index (κ2) is 9.59. The Bertz CT molecular complexity index is 1140. The summed E-state index contributed by atoms with van der Waals surface area (Å²) in [4.78, 5) is 11.4. The van der Waals surface area contributed by atoms with E-state index in [9.17, 15) is 0 Å². The van der Waals surface area contributed by atoms with E-state index < -0.39 is 0 Å². The first kappa shape index (κ1) is 20.8. The minimum atomic E-state index is 0.128. The van der Waals surface area contributed by atoms with Crippen LogP contribution in [0.15, 0.2) is 65.2 Å². The normalized spacial score (nSPS) is 11.2. The molecule has 2 aromatic carbocycles. The first-order valence-corrected chi connectivity index (χ1v) is 9.95. The number of oxazole rings is 1. The molecule has 0 saturated heterocycles. The van der Waals surface area contributed by atoms with Crippen molar-refractivity contribution in [2.75, 3.05) is 28.1 Å². The molecule has 0 aliphatic carbocycles. The van der Waals surface area contributed by atoms with Gasteiger partial charge in [-0.1, -0.05) is 18.2 Å². The van der Waals surface area contributed by atoms with Crippen LogP contribution in [-0.4, -0.2) is 42.9 Å². The van der Waals surface area contributed by atoms with Crippen molar-refractivity contribution < 1.29 is 18.6 Å². The molecule has 0 amide bonds. The Morgan fingerprint density at radius 2 is 1.90 bits per heavy atom. The van der Waals surface area contributed by atoms with Gasteiger partial charge >= 0.3 is 0 Å². The van der Waals surface area contributed by atoms with E-state index in [0.717, 1.165) is 28.9 Å². The number of rotatable bonds is 9. The minimum Gasteiger partial charge on any atom is -0.497 e. The molecule has 0 bridgehead atoms. The van der Waals surface area contributed by atoms with Crippen LogP contribution in [0.1, 0.15) is 11.3 Å². The number of nitrogens with zero attached hydrogens (tertiary/aromatic N) is 3. The first-order valence-electron chi connectivity index (χ1n) is 9.95. The predicted molar refractivity (Wildman–Crippen MR) is 118 cm³/mol. The van der Waals surface area contributed by atoms with Gasteiger partial charge in [-0.25, -0.2) is 4.98 Å². The molecule has 2 aromatic heterocycles. The fourth-order valence-electron chi connectivity index (χ4n) is 3.41. The zero-order chi connectivity index (χ0) is 21.6. The molecule has 4 rings (SSSR count). The van der Waals surface area contributed by atoms with Gasteiger partial charge in [-0.2, -0.15) is 0 Å². The van der Waals surface area contributed by atoms with Crippen molar-refractivity contribution in [2.24, 2.45) is 0 Å². The Morgan fingerprint density at radius 3 is 2.68 bits per heavy atom. The van der Waals surface area contributed by atoms with Crippen LogP contribution in [0.4, 0.5) is 0 Å².